The Morgan fingerprint density at radius 1 is 0.641 bits per heavy atom. The maximum Gasteiger partial charge on any atom is 0.239 e. The summed E-state index contributed by atoms with van der Waals surface area (Å²) < 4.78 is 47.1. The van der Waals surface area contributed by atoms with E-state index in [-0.39, 0.29) is 44.7 Å². The molecule has 14 heteroatoms. The summed E-state index contributed by atoms with van der Waals surface area (Å²) in [4.78, 5) is 4.65. The van der Waals surface area contributed by atoms with Crippen molar-refractivity contribution in [3.63, 3.8) is 0 Å². The van der Waals surface area contributed by atoms with Crippen LogP contribution in [0.5, 0.6) is 0 Å². The molecule has 2 heterocycles. The molecule has 0 saturated carbocycles. The third-order valence-corrected chi connectivity index (χ3v) is 10.3. The highest BCUT2D eigenvalue weighted by Crippen LogP contribution is 2.33. The molecule has 39 heavy (non-hydrogen) atoms. The molecule has 0 atom stereocenters. The largest absolute Gasteiger partial charge is 0.299 e. The average Bonchev–Trinajstić information content (AvgIpc) is 2.82. The van der Waals surface area contributed by atoms with Crippen molar-refractivity contribution in [1.29, 1.82) is 0 Å². The summed E-state index contributed by atoms with van der Waals surface area (Å²) in [5, 5.41) is 11.1. The number of nitrogens with zero attached hydrogens (tertiary/aromatic N) is 2. The van der Waals surface area contributed by atoms with Crippen LogP contribution in [0.2, 0.25) is 10.0 Å². The van der Waals surface area contributed by atoms with Gasteiger partial charge < -0.3 is 0 Å². The fourth-order valence-electron chi connectivity index (χ4n) is 5.27. The number of primary sulfonamides is 2. The van der Waals surface area contributed by atoms with Crippen molar-refractivity contribution < 1.29 is 16.8 Å². The van der Waals surface area contributed by atoms with Gasteiger partial charge >= 0.3 is 0 Å². The summed E-state index contributed by atoms with van der Waals surface area (Å²) in [6.45, 7) is 5.05. The van der Waals surface area contributed by atoms with Gasteiger partial charge in [0, 0.05) is 26.2 Å². The number of nitrogens with two attached hydrogens (primary N) is 2. The first-order valence-electron chi connectivity index (χ1n) is 12.6. The maximum atomic E-state index is 11.8. The second-order valence-corrected chi connectivity index (χ2v) is 13.8. The predicted molar refractivity (Wildman–Crippen MR) is 161 cm³/mol. The topological polar surface area (TPSA) is 127 Å². The van der Waals surface area contributed by atoms with Gasteiger partial charge in [0.1, 0.15) is 9.79 Å². The number of hydrogen-bond donors (Lipinski definition) is 2. The number of sulfonamides is 2. The minimum Gasteiger partial charge on any atom is -0.299 e. The highest BCUT2D eigenvalue weighted by molar-refractivity contribution is 7.89. The molecule has 2 aliphatic heterocycles. The second kappa shape index (κ2) is 14.5. The van der Waals surface area contributed by atoms with Crippen LogP contribution in [-0.2, 0) is 46.0 Å². The van der Waals surface area contributed by atoms with Gasteiger partial charge in [0.15, 0.2) is 0 Å². The molecule has 0 bridgehead atoms. The van der Waals surface area contributed by atoms with Crippen molar-refractivity contribution >= 4 is 68.1 Å². The van der Waals surface area contributed by atoms with Crippen LogP contribution in [0.3, 0.4) is 0 Å². The van der Waals surface area contributed by atoms with Crippen molar-refractivity contribution in [2.45, 2.75) is 67.8 Å². The lowest BCUT2D eigenvalue weighted by Gasteiger charge is -2.30. The van der Waals surface area contributed by atoms with Gasteiger partial charge in [0.2, 0.25) is 20.0 Å². The zero-order chi connectivity index (χ0) is 26.8. The first-order valence-corrected chi connectivity index (χ1v) is 16.4. The molecule has 4 rings (SSSR count). The highest BCUT2D eigenvalue weighted by Gasteiger charge is 2.25. The molecule has 0 fully saturated rings. The molecule has 0 radical (unpaired) electrons. The molecular formula is C25H36Cl4N4O4S2. The minimum absolute atomic E-state index is 0. The zero-order valence-corrected chi connectivity index (χ0v) is 26.4. The molecule has 0 spiro atoms. The van der Waals surface area contributed by atoms with Crippen LogP contribution in [0.15, 0.2) is 34.1 Å². The Morgan fingerprint density at radius 3 is 1.36 bits per heavy atom. The predicted octanol–water partition coefficient (Wildman–Crippen LogP) is 4.50. The number of benzene rings is 2. The van der Waals surface area contributed by atoms with E-state index in [1.54, 1.807) is 0 Å². The normalized spacial score (nSPS) is 16.1. The minimum atomic E-state index is -3.84. The van der Waals surface area contributed by atoms with Gasteiger partial charge in [0.25, 0.3) is 0 Å². The van der Waals surface area contributed by atoms with Gasteiger partial charge in [0.05, 0.1) is 10.0 Å². The molecule has 4 N–H and O–H groups in total. The van der Waals surface area contributed by atoms with Crippen LogP contribution in [0.1, 0.15) is 54.4 Å². The third-order valence-electron chi connectivity index (χ3n) is 7.33. The van der Waals surface area contributed by atoms with E-state index >= 15 is 0 Å². The molecule has 2 aliphatic rings. The number of fused-ring (bicyclic) bond motifs is 2. The first kappa shape index (κ1) is 34.5. The van der Waals surface area contributed by atoms with Crippen molar-refractivity contribution in [2.75, 3.05) is 26.2 Å². The van der Waals surface area contributed by atoms with Crippen molar-refractivity contribution in [3.8, 4) is 0 Å². The van der Waals surface area contributed by atoms with Crippen molar-refractivity contribution in [3.05, 3.63) is 56.6 Å². The molecule has 2 aromatic rings. The fourth-order valence-corrected chi connectivity index (χ4v) is 7.67. The van der Waals surface area contributed by atoms with Gasteiger partial charge in [-0.25, -0.2) is 27.1 Å². The summed E-state index contributed by atoms with van der Waals surface area (Å²) in [7, 11) is -7.67. The molecule has 0 saturated heterocycles. The highest BCUT2D eigenvalue weighted by atomic mass is 35.5. The third kappa shape index (κ3) is 8.67. The van der Waals surface area contributed by atoms with Crippen LogP contribution in [0.4, 0.5) is 0 Å². The van der Waals surface area contributed by atoms with Crippen molar-refractivity contribution in [1.82, 2.24) is 9.80 Å². The Bertz CT molecular complexity index is 1270. The van der Waals surface area contributed by atoms with E-state index in [9.17, 15) is 16.8 Å². The second-order valence-electron chi connectivity index (χ2n) is 9.94. The molecule has 0 aromatic heterocycles. The quantitative estimate of drug-likeness (QED) is 0.361. The molecule has 0 aliphatic carbocycles. The van der Waals surface area contributed by atoms with Crippen LogP contribution >= 0.6 is 48.0 Å². The first-order chi connectivity index (χ1) is 17.4. The van der Waals surface area contributed by atoms with E-state index in [4.69, 9.17) is 33.5 Å². The lowest BCUT2D eigenvalue weighted by Crippen LogP contribution is -2.32. The number of halogens is 4. The standard InChI is InChI=1S/C25H34Cl2N4O4S2.2ClH/c26-24-20-16-30(14-10-18(20)6-8-22(24)36(28,32)33)12-4-2-1-3-5-13-31-15-11-19-7-9-23(37(29,34)35)25(27)21(19)17-31;;/h6-9H,1-5,10-17H2,(H2,28,32,33)(H2,29,34,35);2*1H. The Hall–Kier alpha value is -0.660. The van der Waals surface area contributed by atoms with Gasteiger partial charge in [-0.3, -0.25) is 9.80 Å². The summed E-state index contributed by atoms with van der Waals surface area (Å²) in [5.41, 5.74) is 3.94. The van der Waals surface area contributed by atoms with Crippen LogP contribution < -0.4 is 10.3 Å². The Labute approximate surface area is 254 Å². The van der Waals surface area contributed by atoms with Gasteiger partial charge in [-0.15, -0.1) is 24.8 Å². The van der Waals surface area contributed by atoms with Crippen LogP contribution in [0.25, 0.3) is 0 Å². The Balaban J connectivity index is 0.00000267. The molecule has 8 nitrogen and oxygen atoms in total. The molecular weight excluding hydrogens is 626 g/mol. The lowest BCUT2D eigenvalue weighted by molar-refractivity contribution is 0.241. The molecule has 0 unspecified atom stereocenters. The van der Waals surface area contributed by atoms with E-state index in [0.29, 0.717) is 13.1 Å². The lowest BCUT2D eigenvalue weighted by atomic mass is 9.99. The fraction of sp³-hybridized carbons (Fsp3) is 0.520. The summed E-state index contributed by atoms with van der Waals surface area (Å²) >= 11 is 12.8. The maximum absolute atomic E-state index is 11.8. The smallest absolute Gasteiger partial charge is 0.239 e. The molecule has 2 aromatic carbocycles. The van der Waals surface area contributed by atoms with Crippen LogP contribution in [0, 0.1) is 0 Å². The van der Waals surface area contributed by atoms with E-state index < -0.39 is 20.0 Å². The zero-order valence-electron chi connectivity index (χ0n) is 21.6. The van der Waals surface area contributed by atoms with E-state index in [0.717, 1.165) is 93.4 Å². The van der Waals surface area contributed by atoms with Gasteiger partial charge in [-0.05, 0) is 73.2 Å². The van der Waals surface area contributed by atoms with E-state index in [1.807, 2.05) is 12.1 Å². The molecule has 220 valence electrons. The Kier molecular flexibility index (Phi) is 12.8. The summed E-state index contributed by atoms with van der Waals surface area (Å²) in [6, 6.07) is 6.66. The summed E-state index contributed by atoms with van der Waals surface area (Å²) in [5.74, 6) is 0. The number of hydrogen-bond acceptors (Lipinski definition) is 6. The number of unbranched alkanes of at least 4 members (excludes halogenated alkanes) is 4. The van der Waals surface area contributed by atoms with E-state index in [1.165, 1.54) is 12.1 Å². The average molecular weight is 663 g/mol. The molecule has 0 amide bonds. The van der Waals surface area contributed by atoms with Crippen LogP contribution in [-0.4, -0.2) is 52.8 Å². The van der Waals surface area contributed by atoms with Crippen molar-refractivity contribution in [2.24, 2.45) is 10.3 Å². The number of rotatable bonds is 10. The SMILES string of the molecule is Cl.Cl.NS(=O)(=O)c1ccc2c(c1Cl)CN(CCCCCCCN1CCc3ccc(S(N)(=O)=O)c(Cl)c3C1)CC2. The monoisotopic (exact) mass is 660 g/mol. The Morgan fingerprint density at radius 2 is 1.00 bits per heavy atom. The van der Waals surface area contributed by atoms with E-state index in [2.05, 4.69) is 9.80 Å². The van der Waals surface area contributed by atoms with Gasteiger partial charge in [-0.2, -0.15) is 0 Å². The summed E-state index contributed by atoms with van der Waals surface area (Å²) in [6.07, 6.45) is 7.24. The van der Waals surface area contributed by atoms with Gasteiger partial charge in [-0.1, -0.05) is 54.6 Å².